The molecule has 12 heteroatoms. The minimum atomic E-state index is -5.19. The van der Waals surface area contributed by atoms with Crippen LogP contribution in [-0.4, -0.2) is 32.7 Å². The van der Waals surface area contributed by atoms with E-state index in [0.717, 1.165) is 19.3 Å². The Labute approximate surface area is 204 Å². The van der Waals surface area contributed by atoms with E-state index in [1.165, 1.54) is 24.3 Å². The molecule has 1 aliphatic carbocycles. The van der Waals surface area contributed by atoms with E-state index >= 15 is 0 Å². The quantitative estimate of drug-likeness (QED) is 0.483. The molecular weight excluding hydrogens is 510 g/mol. The number of hydrogen-bond donors (Lipinski definition) is 2. The van der Waals surface area contributed by atoms with Crippen LogP contribution in [0.4, 0.5) is 26.3 Å². The van der Waals surface area contributed by atoms with Crippen molar-refractivity contribution in [2.45, 2.75) is 55.0 Å². The van der Waals surface area contributed by atoms with Crippen LogP contribution in [0.15, 0.2) is 47.4 Å². The Morgan fingerprint density at radius 3 is 2.17 bits per heavy atom. The van der Waals surface area contributed by atoms with Crippen molar-refractivity contribution in [1.29, 1.82) is 0 Å². The summed E-state index contributed by atoms with van der Waals surface area (Å²) in [5.41, 5.74) is -3.66. The van der Waals surface area contributed by atoms with E-state index in [1.54, 1.807) is 0 Å². The summed E-state index contributed by atoms with van der Waals surface area (Å²) in [4.78, 5) is 13.1. The number of carbonyl (C=O) groups excluding carboxylic acids is 1. The van der Waals surface area contributed by atoms with Gasteiger partial charge in [0, 0.05) is 6.04 Å². The molecule has 5 nitrogen and oxygen atoms in total. The normalized spacial score (nSPS) is 19.8. The van der Waals surface area contributed by atoms with E-state index in [9.17, 15) is 39.6 Å². The van der Waals surface area contributed by atoms with Crippen LogP contribution in [0.1, 0.15) is 58.8 Å². The number of alkyl halides is 6. The first-order valence-electron chi connectivity index (χ1n) is 11.4. The molecule has 0 bridgehead atoms. The number of rotatable bonds is 7. The average molecular weight is 535 g/mol. The first kappa shape index (κ1) is 26.5. The second-order valence-electron chi connectivity index (χ2n) is 9.20. The highest BCUT2D eigenvalue weighted by molar-refractivity contribution is 7.91. The molecule has 0 radical (unpaired) electrons. The highest BCUT2D eigenvalue weighted by Gasteiger charge is 2.40. The summed E-state index contributed by atoms with van der Waals surface area (Å²) >= 11 is 0. The Bertz CT molecular complexity index is 1220. The molecule has 1 saturated heterocycles. The molecule has 2 N–H and O–H groups in total. The minimum absolute atomic E-state index is 0.0465. The van der Waals surface area contributed by atoms with E-state index < -0.39 is 50.8 Å². The Balaban J connectivity index is 1.63. The van der Waals surface area contributed by atoms with Crippen molar-refractivity contribution in [3.05, 3.63) is 64.7 Å². The number of hydrogen-bond acceptors (Lipinski definition) is 4. The summed E-state index contributed by atoms with van der Waals surface area (Å²) in [5.74, 6) is -0.985. The molecule has 36 heavy (non-hydrogen) atoms. The number of nitrogens with one attached hydrogen (secondary N) is 2. The highest BCUT2D eigenvalue weighted by Crippen LogP contribution is 2.38. The summed E-state index contributed by atoms with van der Waals surface area (Å²) < 4.78 is 105. The van der Waals surface area contributed by atoms with Crippen LogP contribution < -0.4 is 10.6 Å². The third-order valence-electron chi connectivity index (χ3n) is 6.43. The van der Waals surface area contributed by atoms with Crippen molar-refractivity contribution in [2.75, 3.05) is 12.3 Å². The number of amides is 1. The fourth-order valence-electron chi connectivity index (χ4n) is 4.36. The zero-order valence-corrected chi connectivity index (χ0v) is 19.7. The number of halogens is 6. The molecule has 2 aromatic rings. The summed E-state index contributed by atoms with van der Waals surface area (Å²) in [7, 11) is -3.48. The molecule has 2 aliphatic rings. The van der Waals surface area contributed by atoms with Gasteiger partial charge in [-0.15, -0.1) is 0 Å². The van der Waals surface area contributed by atoms with Crippen molar-refractivity contribution in [3.8, 4) is 0 Å². The van der Waals surface area contributed by atoms with Gasteiger partial charge in [0.2, 0.25) is 0 Å². The van der Waals surface area contributed by atoms with Gasteiger partial charge in [0.15, 0.2) is 9.84 Å². The van der Waals surface area contributed by atoms with Crippen molar-refractivity contribution < 1.29 is 39.6 Å². The maximum absolute atomic E-state index is 13.6. The Hall–Kier alpha value is -2.60. The highest BCUT2D eigenvalue weighted by atomic mass is 32.2. The largest absolute Gasteiger partial charge is 0.417 e. The molecule has 0 spiro atoms. The third kappa shape index (κ3) is 6.03. The zero-order chi connectivity index (χ0) is 26.3. The van der Waals surface area contributed by atoms with Crippen molar-refractivity contribution in [3.63, 3.8) is 0 Å². The van der Waals surface area contributed by atoms with Gasteiger partial charge in [0.25, 0.3) is 5.91 Å². The molecule has 2 unspecified atom stereocenters. The first-order chi connectivity index (χ1) is 16.8. The van der Waals surface area contributed by atoms with E-state index in [1.807, 2.05) is 0 Å². The van der Waals surface area contributed by atoms with Crippen molar-refractivity contribution in [1.82, 2.24) is 10.6 Å². The van der Waals surface area contributed by atoms with Crippen molar-refractivity contribution in [2.24, 2.45) is 5.92 Å². The van der Waals surface area contributed by atoms with Gasteiger partial charge in [0.1, 0.15) is 0 Å². The van der Waals surface area contributed by atoms with Gasteiger partial charge >= 0.3 is 12.4 Å². The van der Waals surface area contributed by atoms with Crippen LogP contribution >= 0.6 is 0 Å². The molecule has 1 aliphatic heterocycles. The van der Waals surface area contributed by atoms with Gasteiger partial charge in [-0.3, -0.25) is 4.79 Å². The second kappa shape index (κ2) is 9.70. The summed E-state index contributed by atoms with van der Waals surface area (Å²) in [6.45, 7) is 0.610. The molecule has 2 aromatic carbocycles. The maximum atomic E-state index is 13.6. The van der Waals surface area contributed by atoms with Gasteiger partial charge in [-0.1, -0.05) is 12.1 Å². The van der Waals surface area contributed by atoms with Crippen molar-refractivity contribution >= 4 is 15.7 Å². The Morgan fingerprint density at radius 2 is 1.64 bits per heavy atom. The SMILES string of the molecule is O=C(NC(c1ccc(S(=O)(=O)CC2CC2)cc1)C1CCCN1)c1ccc(C(F)(F)F)cc1C(F)(F)F. The number of sulfone groups is 1. The molecule has 1 saturated carbocycles. The fraction of sp³-hybridized carbons (Fsp3) is 0.458. The van der Waals surface area contributed by atoms with Crippen LogP contribution in [0.25, 0.3) is 0 Å². The van der Waals surface area contributed by atoms with Gasteiger partial charge in [-0.05, 0) is 74.0 Å². The monoisotopic (exact) mass is 534 g/mol. The molecule has 0 aromatic heterocycles. The third-order valence-corrected chi connectivity index (χ3v) is 8.34. The lowest BCUT2D eigenvalue weighted by Crippen LogP contribution is -2.41. The molecule has 2 fully saturated rings. The Kier molecular flexibility index (Phi) is 7.13. The average Bonchev–Trinajstić information content (AvgIpc) is 3.43. The standard InChI is InChI=1S/C24H24F6N2O3S/c25-23(26,27)16-7-10-18(19(12-16)24(28,29)30)22(33)32-21(20-2-1-11-31-20)15-5-8-17(9-6-15)36(34,35)13-14-3-4-14/h5-10,12,14,20-21,31H,1-4,11,13H2,(H,32,33). The lowest BCUT2D eigenvalue weighted by molar-refractivity contribution is -0.143. The number of carbonyl (C=O) groups is 1. The van der Waals surface area contributed by atoms with Gasteiger partial charge in [-0.25, -0.2) is 8.42 Å². The van der Waals surface area contributed by atoms with E-state index in [0.29, 0.717) is 30.7 Å². The smallest absolute Gasteiger partial charge is 0.344 e. The van der Waals surface area contributed by atoms with Crippen LogP contribution in [0, 0.1) is 5.92 Å². The molecule has 196 valence electrons. The predicted octanol–water partition coefficient (Wildman–Crippen LogP) is 5.13. The fourth-order valence-corrected chi connectivity index (χ4v) is 6.06. The van der Waals surface area contributed by atoms with Crippen LogP contribution in [0.5, 0.6) is 0 Å². The van der Waals surface area contributed by atoms with Gasteiger partial charge in [-0.2, -0.15) is 26.3 Å². The molecule has 1 heterocycles. The molecular formula is C24H24F6N2O3S. The zero-order valence-electron chi connectivity index (χ0n) is 18.9. The topological polar surface area (TPSA) is 75.3 Å². The summed E-state index contributed by atoms with van der Waals surface area (Å²) in [6, 6.07) is 5.51. The molecule has 1 amide bonds. The number of benzene rings is 2. The summed E-state index contributed by atoms with van der Waals surface area (Å²) in [5, 5.41) is 5.69. The van der Waals surface area contributed by atoms with Crippen LogP contribution in [0.3, 0.4) is 0 Å². The lowest BCUT2D eigenvalue weighted by Gasteiger charge is -2.26. The molecule has 4 rings (SSSR count). The van der Waals surface area contributed by atoms with Gasteiger partial charge in [0.05, 0.1) is 33.4 Å². The predicted molar refractivity (Wildman–Crippen MR) is 119 cm³/mol. The Morgan fingerprint density at radius 1 is 0.972 bits per heavy atom. The van der Waals surface area contributed by atoms with Crippen LogP contribution in [0.2, 0.25) is 0 Å². The van der Waals surface area contributed by atoms with Gasteiger partial charge < -0.3 is 10.6 Å². The lowest BCUT2D eigenvalue weighted by atomic mass is 9.96. The second-order valence-corrected chi connectivity index (χ2v) is 11.2. The minimum Gasteiger partial charge on any atom is -0.344 e. The van der Waals surface area contributed by atoms with E-state index in [2.05, 4.69) is 10.6 Å². The van der Waals surface area contributed by atoms with E-state index in [4.69, 9.17) is 0 Å². The van der Waals surface area contributed by atoms with Crippen LogP contribution in [-0.2, 0) is 22.2 Å². The molecule has 2 atom stereocenters. The first-order valence-corrected chi connectivity index (χ1v) is 13.1. The van der Waals surface area contributed by atoms with E-state index in [-0.39, 0.29) is 28.7 Å². The summed E-state index contributed by atoms with van der Waals surface area (Å²) in [6.07, 6.45) is -7.13. The maximum Gasteiger partial charge on any atom is 0.417 e.